The zero-order valence-electron chi connectivity index (χ0n) is 10.9. The van der Waals surface area contributed by atoms with Crippen molar-refractivity contribution in [2.45, 2.75) is 25.3 Å². The zero-order valence-corrected chi connectivity index (χ0v) is 12.5. The van der Waals surface area contributed by atoms with Gasteiger partial charge in [0.25, 0.3) is 5.91 Å². The normalized spacial score (nSPS) is 17.1. The predicted octanol–water partition coefficient (Wildman–Crippen LogP) is 2.90. The molecular formula is C13H16Cl2F2N2O. The summed E-state index contributed by atoms with van der Waals surface area (Å²) in [5, 5.41) is 2.65. The fraction of sp³-hybridized carbons (Fsp3) is 0.462. The highest BCUT2D eigenvalue weighted by Crippen LogP contribution is 2.39. The highest BCUT2D eigenvalue weighted by atomic mass is 35.5. The van der Waals surface area contributed by atoms with Gasteiger partial charge in [-0.25, -0.2) is 8.78 Å². The maximum absolute atomic E-state index is 13.2. The maximum atomic E-state index is 13.2. The van der Waals surface area contributed by atoms with Crippen LogP contribution in [0, 0.1) is 17.6 Å². The third-order valence-electron chi connectivity index (χ3n) is 3.56. The van der Waals surface area contributed by atoms with E-state index in [2.05, 4.69) is 5.32 Å². The molecule has 0 spiro atoms. The van der Waals surface area contributed by atoms with Crippen molar-refractivity contribution in [1.82, 2.24) is 5.32 Å². The summed E-state index contributed by atoms with van der Waals surface area (Å²) in [6.45, 7) is 2.13. The van der Waals surface area contributed by atoms with E-state index in [1.54, 1.807) is 0 Å². The number of benzene rings is 1. The molecule has 3 N–H and O–H groups in total. The Morgan fingerprint density at radius 1 is 1.45 bits per heavy atom. The van der Waals surface area contributed by atoms with Gasteiger partial charge in [-0.3, -0.25) is 4.79 Å². The standard InChI is InChI=1S/C13H15ClF2N2O.ClH/c1-13(6-17,7-2-3-7)18-12(19)8-4-10(15)11(16)5-9(8)14;/h4-5,7H,2-3,6,17H2,1H3,(H,18,19);1H. The molecule has 1 aliphatic carbocycles. The quantitative estimate of drug-likeness (QED) is 0.837. The van der Waals surface area contributed by atoms with E-state index >= 15 is 0 Å². The topological polar surface area (TPSA) is 55.1 Å². The van der Waals surface area contributed by atoms with Crippen LogP contribution in [0.4, 0.5) is 8.78 Å². The molecule has 1 aromatic rings. The summed E-state index contributed by atoms with van der Waals surface area (Å²) in [6.07, 6.45) is 2.00. The number of nitrogens with one attached hydrogen (secondary N) is 1. The van der Waals surface area contributed by atoms with Gasteiger partial charge in [-0.1, -0.05) is 11.6 Å². The zero-order chi connectivity index (χ0) is 14.2. The number of carbonyl (C=O) groups is 1. The number of hydrogen-bond donors (Lipinski definition) is 2. The van der Waals surface area contributed by atoms with Crippen molar-refractivity contribution in [1.29, 1.82) is 0 Å². The maximum Gasteiger partial charge on any atom is 0.253 e. The molecule has 3 nitrogen and oxygen atoms in total. The SMILES string of the molecule is CC(CN)(NC(=O)c1cc(F)c(F)cc1Cl)C1CC1.Cl. The summed E-state index contributed by atoms with van der Waals surface area (Å²) < 4.78 is 26.1. The number of halogens is 4. The highest BCUT2D eigenvalue weighted by molar-refractivity contribution is 6.33. The van der Waals surface area contributed by atoms with Gasteiger partial charge in [0.15, 0.2) is 11.6 Å². The van der Waals surface area contributed by atoms with Crippen molar-refractivity contribution in [2.75, 3.05) is 6.54 Å². The van der Waals surface area contributed by atoms with Crippen LogP contribution in [0.15, 0.2) is 12.1 Å². The van der Waals surface area contributed by atoms with Gasteiger partial charge >= 0.3 is 0 Å². The van der Waals surface area contributed by atoms with Gasteiger partial charge in [-0.15, -0.1) is 12.4 Å². The molecule has 112 valence electrons. The summed E-state index contributed by atoms with van der Waals surface area (Å²) in [4.78, 5) is 12.1. The van der Waals surface area contributed by atoms with E-state index in [0.717, 1.165) is 25.0 Å². The third-order valence-corrected chi connectivity index (χ3v) is 3.87. The van der Waals surface area contributed by atoms with Crippen molar-refractivity contribution in [2.24, 2.45) is 11.7 Å². The molecule has 0 radical (unpaired) electrons. The van der Waals surface area contributed by atoms with Crippen molar-refractivity contribution >= 4 is 29.9 Å². The van der Waals surface area contributed by atoms with Crippen LogP contribution in [-0.2, 0) is 0 Å². The second kappa shape index (κ2) is 6.24. The van der Waals surface area contributed by atoms with E-state index in [0.29, 0.717) is 5.92 Å². The summed E-state index contributed by atoms with van der Waals surface area (Å²) >= 11 is 5.76. The van der Waals surface area contributed by atoms with Crippen molar-refractivity contribution in [3.05, 3.63) is 34.4 Å². The Kier molecular flexibility index (Phi) is 5.35. The van der Waals surface area contributed by atoms with Gasteiger partial charge in [0.05, 0.1) is 16.1 Å². The average molecular weight is 325 g/mol. The minimum atomic E-state index is -1.10. The van der Waals surface area contributed by atoms with E-state index < -0.39 is 23.1 Å². The predicted molar refractivity (Wildman–Crippen MR) is 76.3 cm³/mol. The molecule has 1 aromatic carbocycles. The lowest BCUT2D eigenvalue weighted by Gasteiger charge is -2.29. The average Bonchev–Trinajstić information content (AvgIpc) is 3.17. The molecule has 0 saturated heterocycles. The fourth-order valence-corrected chi connectivity index (χ4v) is 2.30. The summed E-state index contributed by atoms with van der Waals surface area (Å²) in [6, 6.07) is 1.60. The van der Waals surface area contributed by atoms with Gasteiger partial charge in [0.1, 0.15) is 0 Å². The Hall–Kier alpha value is -0.910. The minimum Gasteiger partial charge on any atom is -0.345 e. The molecule has 20 heavy (non-hydrogen) atoms. The molecule has 1 amide bonds. The van der Waals surface area contributed by atoms with Crippen LogP contribution < -0.4 is 11.1 Å². The number of rotatable bonds is 4. The Bertz CT molecular complexity index is 523. The Morgan fingerprint density at radius 2 is 2.00 bits per heavy atom. The molecule has 0 bridgehead atoms. The van der Waals surface area contributed by atoms with E-state index in [-0.39, 0.29) is 29.5 Å². The van der Waals surface area contributed by atoms with Crippen LogP contribution in [0.5, 0.6) is 0 Å². The Labute approximate surface area is 127 Å². The third kappa shape index (κ3) is 3.40. The number of carbonyl (C=O) groups excluding carboxylic acids is 1. The van der Waals surface area contributed by atoms with E-state index in [1.165, 1.54) is 0 Å². The van der Waals surface area contributed by atoms with Gasteiger partial charge in [0, 0.05) is 6.54 Å². The molecule has 7 heteroatoms. The van der Waals surface area contributed by atoms with Gasteiger partial charge in [-0.05, 0) is 37.8 Å². The Balaban J connectivity index is 0.00000200. The minimum absolute atomic E-state index is 0. The lowest BCUT2D eigenvalue weighted by Crippen LogP contribution is -2.53. The van der Waals surface area contributed by atoms with Crippen molar-refractivity contribution in [3.63, 3.8) is 0 Å². The van der Waals surface area contributed by atoms with Crippen molar-refractivity contribution in [3.8, 4) is 0 Å². The van der Waals surface area contributed by atoms with E-state index in [4.69, 9.17) is 17.3 Å². The lowest BCUT2D eigenvalue weighted by atomic mass is 9.95. The molecule has 0 aliphatic heterocycles. The van der Waals surface area contributed by atoms with Gasteiger partial charge in [-0.2, -0.15) is 0 Å². The monoisotopic (exact) mass is 324 g/mol. The van der Waals surface area contributed by atoms with E-state index in [9.17, 15) is 13.6 Å². The summed E-state index contributed by atoms with van der Waals surface area (Å²) in [7, 11) is 0. The van der Waals surface area contributed by atoms with Gasteiger partial charge in [0.2, 0.25) is 0 Å². The highest BCUT2D eigenvalue weighted by Gasteiger charge is 2.41. The first kappa shape index (κ1) is 17.1. The molecule has 1 atom stereocenters. The Morgan fingerprint density at radius 3 is 2.50 bits per heavy atom. The molecule has 1 fully saturated rings. The summed E-state index contributed by atoms with van der Waals surface area (Å²) in [5.74, 6) is -2.39. The molecule has 1 aliphatic rings. The molecular weight excluding hydrogens is 309 g/mol. The van der Waals surface area contributed by atoms with Crippen LogP contribution in [0.3, 0.4) is 0 Å². The van der Waals surface area contributed by atoms with Crippen LogP contribution in [0.25, 0.3) is 0 Å². The number of amides is 1. The lowest BCUT2D eigenvalue weighted by molar-refractivity contribution is 0.0897. The number of hydrogen-bond acceptors (Lipinski definition) is 2. The van der Waals surface area contributed by atoms with Crippen LogP contribution in [-0.4, -0.2) is 18.0 Å². The van der Waals surface area contributed by atoms with E-state index in [1.807, 2.05) is 6.92 Å². The molecule has 1 saturated carbocycles. The molecule has 2 rings (SSSR count). The first-order chi connectivity index (χ1) is 8.87. The second-order valence-electron chi connectivity index (χ2n) is 5.10. The summed E-state index contributed by atoms with van der Waals surface area (Å²) in [5.41, 5.74) is 5.07. The van der Waals surface area contributed by atoms with Crippen LogP contribution in [0.1, 0.15) is 30.1 Å². The van der Waals surface area contributed by atoms with Crippen LogP contribution >= 0.6 is 24.0 Å². The molecule has 0 aromatic heterocycles. The number of nitrogens with two attached hydrogens (primary N) is 1. The van der Waals surface area contributed by atoms with Gasteiger partial charge < -0.3 is 11.1 Å². The smallest absolute Gasteiger partial charge is 0.253 e. The molecule has 1 unspecified atom stereocenters. The second-order valence-corrected chi connectivity index (χ2v) is 5.50. The largest absolute Gasteiger partial charge is 0.345 e. The van der Waals surface area contributed by atoms with Crippen molar-refractivity contribution < 1.29 is 13.6 Å². The van der Waals surface area contributed by atoms with Crippen LogP contribution in [0.2, 0.25) is 5.02 Å². The first-order valence-electron chi connectivity index (χ1n) is 6.04. The molecule has 0 heterocycles. The fourth-order valence-electron chi connectivity index (χ4n) is 2.06. The first-order valence-corrected chi connectivity index (χ1v) is 6.42.